The molecule has 2 unspecified atom stereocenters. The maximum atomic E-state index is 11.9. The van der Waals surface area contributed by atoms with E-state index in [1.54, 1.807) is 14.0 Å². The molecule has 4 nitrogen and oxygen atoms in total. The highest BCUT2D eigenvalue weighted by Gasteiger charge is 2.28. The first kappa shape index (κ1) is 13.5. The van der Waals surface area contributed by atoms with Crippen molar-refractivity contribution in [2.24, 2.45) is 0 Å². The van der Waals surface area contributed by atoms with Crippen molar-refractivity contribution in [2.45, 2.75) is 24.5 Å². The third-order valence-corrected chi connectivity index (χ3v) is 5.31. The van der Waals surface area contributed by atoms with Gasteiger partial charge in [-0.1, -0.05) is 24.3 Å². The molecule has 0 spiro atoms. The molecule has 1 aromatic rings. The van der Waals surface area contributed by atoms with E-state index in [1.807, 2.05) is 12.1 Å². The van der Waals surface area contributed by atoms with Gasteiger partial charge in [0, 0.05) is 19.0 Å². The fourth-order valence-corrected chi connectivity index (χ4v) is 3.41. The highest BCUT2D eigenvalue weighted by molar-refractivity contribution is 7.90. The van der Waals surface area contributed by atoms with Crippen LogP contribution in [0.2, 0.25) is 0 Å². The molecule has 1 aliphatic carbocycles. The molecule has 0 aliphatic heterocycles. The molecule has 100 valence electrons. The first-order valence-corrected chi connectivity index (χ1v) is 7.80. The van der Waals surface area contributed by atoms with E-state index in [4.69, 9.17) is 0 Å². The Hall–Kier alpha value is -0.910. The van der Waals surface area contributed by atoms with Crippen molar-refractivity contribution >= 4 is 10.0 Å². The number of fused-ring (bicyclic) bond motifs is 1. The van der Waals surface area contributed by atoms with Crippen LogP contribution in [0.3, 0.4) is 0 Å². The van der Waals surface area contributed by atoms with Gasteiger partial charge in [0.25, 0.3) is 0 Å². The first-order valence-electron chi connectivity index (χ1n) is 6.25. The third kappa shape index (κ3) is 2.74. The summed E-state index contributed by atoms with van der Waals surface area (Å²) in [6.45, 7) is 2.69. The van der Waals surface area contributed by atoms with Crippen LogP contribution < -0.4 is 10.0 Å². The van der Waals surface area contributed by atoms with Crippen molar-refractivity contribution in [3.63, 3.8) is 0 Å². The summed E-state index contributed by atoms with van der Waals surface area (Å²) in [5, 5.41) is 2.48. The summed E-state index contributed by atoms with van der Waals surface area (Å²) in [6, 6.07) is 8.20. The molecule has 0 bridgehead atoms. The van der Waals surface area contributed by atoms with Gasteiger partial charge in [0.05, 0.1) is 5.25 Å². The zero-order chi connectivity index (χ0) is 13.2. The van der Waals surface area contributed by atoms with E-state index in [2.05, 4.69) is 22.2 Å². The summed E-state index contributed by atoms with van der Waals surface area (Å²) in [5.41, 5.74) is 2.62. The van der Waals surface area contributed by atoms with E-state index in [-0.39, 0.29) is 0 Å². The van der Waals surface area contributed by atoms with Crippen LogP contribution >= 0.6 is 0 Å². The smallest absolute Gasteiger partial charge is 0.215 e. The van der Waals surface area contributed by atoms with Crippen LogP contribution in [0.1, 0.15) is 24.0 Å². The van der Waals surface area contributed by atoms with E-state index in [0.29, 0.717) is 19.0 Å². The second kappa shape index (κ2) is 5.38. The largest absolute Gasteiger partial charge is 0.318 e. The molecule has 1 aliphatic rings. The molecule has 0 saturated carbocycles. The topological polar surface area (TPSA) is 58.2 Å². The number of hydrogen-bond acceptors (Lipinski definition) is 3. The van der Waals surface area contributed by atoms with Crippen LogP contribution in [-0.4, -0.2) is 33.8 Å². The summed E-state index contributed by atoms with van der Waals surface area (Å²) >= 11 is 0. The van der Waals surface area contributed by atoms with Crippen LogP contribution in [-0.2, 0) is 16.4 Å². The number of hydrogen-bond donors (Lipinski definition) is 2. The second-order valence-electron chi connectivity index (χ2n) is 4.86. The van der Waals surface area contributed by atoms with Crippen molar-refractivity contribution in [2.75, 3.05) is 20.1 Å². The molecule has 5 heteroatoms. The molecule has 2 rings (SSSR count). The van der Waals surface area contributed by atoms with Crippen LogP contribution in [0.15, 0.2) is 24.3 Å². The lowest BCUT2D eigenvalue weighted by Gasteiger charge is -2.30. The molecule has 0 saturated heterocycles. The van der Waals surface area contributed by atoms with E-state index < -0.39 is 15.3 Å². The lowest BCUT2D eigenvalue weighted by atomic mass is 9.78. The van der Waals surface area contributed by atoms with Gasteiger partial charge in [-0.2, -0.15) is 0 Å². The minimum atomic E-state index is -3.21. The van der Waals surface area contributed by atoms with Gasteiger partial charge in [-0.05, 0) is 31.5 Å². The SMILES string of the molecule is CNCC(C)S(=O)(=O)NCC1Cc2ccccc21. The fourth-order valence-electron chi connectivity index (χ4n) is 2.30. The van der Waals surface area contributed by atoms with Gasteiger partial charge in [0.1, 0.15) is 0 Å². The molecule has 1 aromatic carbocycles. The van der Waals surface area contributed by atoms with Crippen LogP contribution in [0.4, 0.5) is 0 Å². The van der Waals surface area contributed by atoms with Gasteiger partial charge in [0.2, 0.25) is 10.0 Å². The molecule has 0 radical (unpaired) electrons. The Labute approximate surface area is 109 Å². The molecular formula is C13H20N2O2S. The molecule has 0 heterocycles. The minimum absolute atomic E-state index is 0.331. The normalized spacial score (nSPS) is 20.0. The maximum Gasteiger partial charge on any atom is 0.215 e. The number of rotatable bonds is 6. The highest BCUT2D eigenvalue weighted by Crippen LogP contribution is 2.34. The summed E-state index contributed by atoms with van der Waals surface area (Å²) < 4.78 is 26.6. The molecule has 0 aromatic heterocycles. The monoisotopic (exact) mass is 268 g/mol. The Kier molecular flexibility index (Phi) is 4.04. The van der Waals surface area contributed by atoms with Gasteiger partial charge >= 0.3 is 0 Å². The Bertz CT molecular complexity index is 513. The van der Waals surface area contributed by atoms with Crippen molar-refractivity contribution in [1.82, 2.24) is 10.0 Å². The maximum absolute atomic E-state index is 11.9. The predicted octanol–water partition coefficient (Wildman–Crippen LogP) is 0.854. The van der Waals surface area contributed by atoms with Gasteiger partial charge in [-0.15, -0.1) is 0 Å². The standard InChI is InChI=1S/C13H20N2O2S/c1-10(8-14-2)18(16,17)15-9-12-7-11-5-3-4-6-13(11)12/h3-6,10,12,14-15H,7-9H2,1-2H3. The fraction of sp³-hybridized carbons (Fsp3) is 0.538. The summed E-state index contributed by atoms with van der Waals surface area (Å²) in [7, 11) is -1.45. The molecule has 2 N–H and O–H groups in total. The average Bonchev–Trinajstić information content (AvgIpc) is 2.30. The molecule has 2 atom stereocenters. The molecular weight excluding hydrogens is 248 g/mol. The average molecular weight is 268 g/mol. The van der Waals surface area contributed by atoms with Gasteiger partial charge in [-0.25, -0.2) is 13.1 Å². The Morgan fingerprint density at radius 1 is 1.39 bits per heavy atom. The number of benzene rings is 1. The van der Waals surface area contributed by atoms with E-state index in [9.17, 15) is 8.42 Å². The number of sulfonamides is 1. The van der Waals surface area contributed by atoms with Gasteiger partial charge in [-0.3, -0.25) is 0 Å². The Morgan fingerprint density at radius 2 is 2.11 bits per heavy atom. The van der Waals surface area contributed by atoms with Crippen LogP contribution in [0.5, 0.6) is 0 Å². The zero-order valence-corrected chi connectivity index (χ0v) is 11.6. The van der Waals surface area contributed by atoms with Crippen LogP contribution in [0, 0.1) is 0 Å². The number of nitrogens with one attached hydrogen (secondary N) is 2. The molecule has 18 heavy (non-hydrogen) atoms. The van der Waals surface area contributed by atoms with E-state index in [0.717, 1.165) is 6.42 Å². The zero-order valence-electron chi connectivity index (χ0n) is 10.8. The Balaban J connectivity index is 1.91. The van der Waals surface area contributed by atoms with Crippen molar-refractivity contribution in [3.8, 4) is 0 Å². The minimum Gasteiger partial charge on any atom is -0.318 e. The molecule has 0 fully saturated rings. The second-order valence-corrected chi connectivity index (χ2v) is 7.05. The first-order chi connectivity index (χ1) is 8.54. The van der Waals surface area contributed by atoms with Crippen molar-refractivity contribution in [1.29, 1.82) is 0 Å². The summed E-state index contributed by atoms with van der Waals surface area (Å²) in [4.78, 5) is 0. The van der Waals surface area contributed by atoms with E-state index in [1.165, 1.54) is 11.1 Å². The predicted molar refractivity (Wildman–Crippen MR) is 73.2 cm³/mol. The van der Waals surface area contributed by atoms with E-state index >= 15 is 0 Å². The van der Waals surface area contributed by atoms with Crippen LogP contribution in [0.25, 0.3) is 0 Å². The van der Waals surface area contributed by atoms with Gasteiger partial charge in [0.15, 0.2) is 0 Å². The van der Waals surface area contributed by atoms with Gasteiger partial charge < -0.3 is 5.32 Å². The Morgan fingerprint density at radius 3 is 2.78 bits per heavy atom. The third-order valence-electron chi connectivity index (χ3n) is 3.51. The van der Waals surface area contributed by atoms with Crippen molar-refractivity contribution in [3.05, 3.63) is 35.4 Å². The summed E-state index contributed by atoms with van der Waals surface area (Å²) in [6.07, 6.45) is 0.971. The summed E-state index contributed by atoms with van der Waals surface area (Å²) in [5.74, 6) is 0.331. The molecule has 0 amide bonds. The lowest BCUT2D eigenvalue weighted by molar-refractivity contribution is 0.540. The lowest BCUT2D eigenvalue weighted by Crippen LogP contribution is -2.41. The van der Waals surface area contributed by atoms with Crippen molar-refractivity contribution < 1.29 is 8.42 Å². The quantitative estimate of drug-likeness (QED) is 0.804. The highest BCUT2D eigenvalue weighted by atomic mass is 32.2.